The number of carbonyl (C=O) groups excluding carboxylic acids is 1. The Bertz CT molecular complexity index is 611. The molecule has 0 aliphatic carbocycles. The van der Waals surface area contributed by atoms with Crippen LogP contribution in [0.1, 0.15) is 17.4 Å². The fraction of sp³-hybridized carbons (Fsp3) is 0.333. The van der Waals surface area contributed by atoms with E-state index < -0.39 is 0 Å². The summed E-state index contributed by atoms with van der Waals surface area (Å²) in [6, 6.07) is 11.9. The van der Waals surface area contributed by atoms with Crippen LogP contribution in [0.2, 0.25) is 0 Å². The second-order valence-corrected chi connectivity index (χ2v) is 4.94. The van der Waals surface area contributed by atoms with Crippen molar-refractivity contribution in [2.75, 3.05) is 19.6 Å². The lowest BCUT2D eigenvalue weighted by Crippen LogP contribution is -2.52. The zero-order valence-electron chi connectivity index (χ0n) is 11.0. The van der Waals surface area contributed by atoms with Crippen LogP contribution in [0.25, 0.3) is 10.9 Å². The van der Waals surface area contributed by atoms with E-state index in [2.05, 4.69) is 17.2 Å². The summed E-state index contributed by atoms with van der Waals surface area (Å²) in [7, 11) is 0. The van der Waals surface area contributed by atoms with E-state index in [4.69, 9.17) is 0 Å². The van der Waals surface area contributed by atoms with Crippen LogP contribution in [0.3, 0.4) is 0 Å². The Morgan fingerprint density at radius 3 is 3.00 bits per heavy atom. The molecule has 1 aromatic heterocycles. The first-order chi connectivity index (χ1) is 9.25. The van der Waals surface area contributed by atoms with Crippen LogP contribution in [0.15, 0.2) is 36.4 Å². The number of nitrogens with zero attached hydrogens (tertiary/aromatic N) is 2. The summed E-state index contributed by atoms with van der Waals surface area (Å²) in [5.74, 6) is 0.0275. The minimum absolute atomic E-state index is 0.0275. The average Bonchev–Trinajstić information content (AvgIpc) is 2.46. The van der Waals surface area contributed by atoms with E-state index in [1.807, 2.05) is 41.3 Å². The third-order valence-electron chi connectivity index (χ3n) is 3.58. The molecule has 0 unspecified atom stereocenters. The fourth-order valence-electron chi connectivity index (χ4n) is 2.48. The Kier molecular flexibility index (Phi) is 3.17. The summed E-state index contributed by atoms with van der Waals surface area (Å²) >= 11 is 0. The molecule has 4 nitrogen and oxygen atoms in total. The molecule has 2 heterocycles. The van der Waals surface area contributed by atoms with E-state index in [0.29, 0.717) is 5.69 Å². The van der Waals surface area contributed by atoms with Gasteiger partial charge in [-0.25, -0.2) is 4.98 Å². The zero-order valence-corrected chi connectivity index (χ0v) is 11.0. The third-order valence-corrected chi connectivity index (χ3v) is 3.58. The van der Waals surface area contributed by atoms with Crippen LogP contribution in [0.4, 0.5) is 0 Å². The maximum atomic E-state index is 12.5. The Hall–Kier alpha value is -1.94. The number of aromatic nitrogens is 1. The third kappa shape index (κ3) is 2.31. The van der Waals surface area contributed by atoms with Gasteiger partial charge in [-0.1, -0.05) is 24.3 Å². The standard InChI is InChI=1S/C15H17N3O/c1-11-10-16-8-9-18(11)15(19)14-7-6-12-4-2-3-5-13(12)17-14/h2-7,11,16H,8-10H2,1H3/t11-/m0/s1. The molecule has 1 N–H and O–H groups in total. The second kappa shape index (κ2) is 4.97. The van der Waals surface area contributed by atoms with E-state index in [0.717, 1.165) is 30.5 Å². The van der Waals surface area contributed by atoms with Crippen molar-refractivity contribution in [1.29, 1.82) is 0 Å². The van der Waals surface area contributed by atoms with E-state index >= 15 is 0 Å². The van der Waals surface area contributed by atoms with Crippen LogP contribution in [-0.4, -0.2) is 41.5 Å². The van der Waals surface area contributed by atoms with Crippen LogP contribution < -0.4 is 5.32 Å². The summed E-state index contributed by atoms with van der Waals surface area (Å²) in [6.45, 7) is 4.50. The highest BCUT2D eigenvalue weighted by Gasteiger charge is 2.24. The molecule has 4 heteroatoms. The van der Waals surface area contributed by atoms with E-state index in [1.54, 1.807) is 0 Å². The van der Waals surface area contributed by atoms with Crippen molar-refractivity contribution in [2.45, 2.75) is 13.0 Å². The molecule has 19 heavy (non-hydrogen) atoms. The van der Waals surface area contributed by atoms with E-state index in [9.17, 15) is 4.79 Å². The molecule has 1 aliphatic heterocycles. The molecule has 98 valence electrons. The molecule has 2 aromatic rings. The van der Waals surface area contributed by atoms with E-state index in [1.165, 1.54) is 0 Å². The molecule has 1 aliphatic rings. The molecule has 0 bridgehead atoms. The zero-order chi connectivity index (χ0) is 13.2. The van der Waals surface area contributed by atoms with Crippen molar-refractivity contribution in [2.24, 2.45) is 0 Å². The predicted molar refractivity (Wildman–Crippen MR) is 75.1 cm³/mol. The molecule has 1 amide bonds. The molecule has 1 fully saturated rings. The van der Waals surface area contributed by atoms with Gasteiger partial charge in [0, 0.05) is 31.1 Å². The number of piperazine rings is 1. The van der Waals surface area contributed by atoms with Crippen LogP contribution in [0.5, 0.6) is 0 Å². The number of fused-ring (bicyclic) bond motifs is 1. The SMILES string of the molecule is C[C@H]1CNCCN1C(=O)c1ccc2ccccc2n1. The first-order valence-electron chi connectivity index (χ1n) is 6.63. The van der Waals surface area contributed by atoms with Crippen molar-refractivity contribution in [3.05, 3.63) is 42.1 Å². The number of rotatable bonds is 1. The van der Waals surface area contributed by atoms with Crippen LogP contribution >= 0.6 is 0 Å². The predicted octanol–water partition coefficient (Wildman–Crippen LogP) is 1.67. The van der Waals surface area contributed by atoms with Gasteiger partial charge >= 0.3 is 0 Å². The lowest BCUT2D eigenvalue weighted by atomic mass is 10.1. The van der Waals surface area contributed by atoms with Gasteiger partial charge in [0.15, 0.2) is 0 Å². The molecule has 1 aromatic carbocycles. The fourth-order valence-corrected chi connectivity index (χ4v) is 2.48. The Morgan fingerprint density at radius 2 is 2.16 bits per heavy atom. The molecular formula is C15H17N3O. The van der Waals surface area contributed by atoms with Crippen molar-refractivity contribution in [3.63, 3.8) is 0 Å². The average molecular weight is 255 g/mol. The summed E-state index contributed by atoms with van der Waals surface area (Å²) in [4.78, 5) is 18.9. The summed E-state index contributed by atoms with van der Waals surface area (Å²) in [5, 5.41) is 4.35. The highest BCUT2D eigenvalue weighted by Crippen LogP contribution is 2.14. The summed E-state index contributed by atoms with van der Waals surface area (Å²) < 4.78 is 0. The molecular weight excluding hydrogens is 238 g/mol. The van der Waals surface area contributed by atoms with Crippen molar-refractivity contribution in [3.8, 4) is 0 Å². The van der Waals surface area contributed by atoms with Crippen molar-refractivity contribution in [1.82, 2.24) is 15.2 Å². The normalized spacial score (nSPS) is 19.6. The van der Waals surface area contributed by atoms with Gasteiger partial charge in [0.05, 0.1) is 5.52 Å². The Morgan fingerprint density at radius 1 is 1.32 bits per heavy atom. The van der Waals surface area contributed by atoms with Gasteiger partial charge in [-0.2, -0.15) is 0 Å². The quantitative estimate of drug-likeness (QED) is 0.843. The largest absolute Gasteiger partial charge is 0.332 e. The summed E-state index contributed by atoms with van der Waals surface area (Å²) in [6.07, 6.45) is 0. The van der Waals surface area contributed by atoms with E-state index in [-0.39, 0.29) is 11.9 Å². The van der Waals surface area contributed by atoms with Gasteiger partial charge in [0.2, 0.25) is 0 Å². The number of hydrogen-bond donors (Lipinski definition) is 1. The second-order valence-electron chi connectivity index (χ2n) is 4.94. The molecule has 1 saturated heterocycles. The topological polar surface area (TPSA) is 45.2 Å². The van der Waals surface area contributed by atoms with Crippen LogP contribution in [0, 0.1) is 0 Å². The highest BCUT2D eigenvalue weighted by molar-refractivity contribution is 5.95. The van der Waals surface area contributed by atoms with Gasteiger partial charge in [0.25, 0.3) is 5.91 Å². The first kappa shape index (κ1) is 12.1. The first-order valence-corrected chi connectivity index (χ1v) is 6.63. The Labute approximate surface area is 112 Å². The number of hydrogen-bond acceptors (Lipinski definition) is 3. The molecule has 1 atom stereocenters. The van der Waals surface area contributed by atoms with Crippen molar-refractivity contribution >= 4 is 16.8 Å². The number of para-hydroxylation sites is 1. The maximum absolute atomic E-state index is 12.5. The van der Waals surface area contributed by atoms with Gasteiger partial charge in [-0.3, -0.25) is 4.79 Å². The minimum atomic E-state index is 0.0275. The number of benzene rings is 1. The highest BCUT2D eigenvalue weighted by atomic mass is 16.2. The number of amides is 1. The monoisotopic (exact) mass is 255 g/mol. The van der Waals surface area contributed by atoms with Gasteiger partial charge < -0.3 is 10.2 Å². The van der Waals surface area contributed by atoms with Gasteiger partial charge in [0.1, 0.15) is 5.69 Å². The number of pyridine rings is 1. The molecule has 3 rings (SSSR count). The number of nitrogens with one attached hydrogen (secondary N) is 1. The molecule has 0 spiro atoms. The maximum Gasteiger partial charge on any atom is 0.272 e. The van der Waals surface area contributed by atoms with Gasteiger partial charge in [-0.05, 0) is 19.1 Å². The minimum Gasteiger partial charge on any atom is -0.332 e. The van der Waals surface area contributed by atoms with Crippen molar-refractivity contribution < 1.29 is 4.79 Å². The molecule has 0 saturated carbocycles. The molecule has 0 radical (unpaired) electrons. The lowest BCUT2D eigenvalue weighted by Gasteiger charge is -2.33. The van der Waals surface area contributed by atoms with Gasteiger partial charge in [-0.15, -0.1) is 0 Å². The smallest absolute Gasteiger partial charge is 0.272 e. The number of carbonyl (C=O) groups is 1. The lowest BCUT2D eigenvalue weighted by molar-refractivity contribution is 0.0650. The Balaban J connectivity index is 1.92. The summed E-state index contributed by atoms with van der Waals surface area (Å²) in [5.41, 5.74) is 1.41. The van der Waals surface area contributed by atoms with Crippen LogP contribution in [-0.2, 0) is 0 Å².